The van der Waals surface area contributed by atoms with Crippen molar-refractivity contribution in [2.75, 3.05) is 0 Å². The molecule has 0 aromatic heterocycles. The van der Waals surface area contributed by atoms with Crippen LogP contribution in [0, 0.1) is 15.9 Å². The zero-order valence-corrected chi connectivity index (χ0v) is 9.17. The molecule has 2 aromatic carbocycles. The summed E-state index contributed by atoms with van der Waals surface area (Å²) in [4.78, 5) is 20.3. The molecule has 2 rings (SSSR count). The molecule has 0 amide bonds. The Kier molecular flexibility index (Phi) is 3.14. The highest BCUT2D eigenvalue weighted by Crippen LogP contribution is 2.25. The Morgan fingerprint density at radius 2 is 1.83 bits per heavy atom. The third-order valence-electron chi connectivity index (χ3n) is 2.50. The van der Waals surface area contributed by atoms with Crippen molar-refractivity contribution in [2.24, 2.45) is 0 Å². The summed E-state index contributed by atoms with van der Waals surface area (Å²) in [5, 5.41) is 10.5. The summed E-state index contributed by atoms with van der Waals surface area (Å²) >= 11 is 0. The van der Waals surface area contributed by atoms with Gasteiger partial charge in [-0.1, -0.05) is 18.2 Å². The van der Waals surface area contributed by atoms with E-state index in [1.54, 1.807) is 24.3 Å². The first-order valence-corrected chi connectivity index (χ1v) is 5.11. The number of rotatable bonds is 3. The Balaban J connectivity index is 2.48. The highest BCUT2D eigenvalue weighted by Gasteiger charge is 2.14. The summed E-state index contributed by atoms with van der Waals surface area (Å²) in [6.45, 7) is 0. The molecule has 0 fully saturated rings. The van der Waals surface area contributed by atoms with Crippen LogP contribution in [0.4, 0.5) is 10.1 Å². The minimum Gasteiger partial charge on any atom is -0.298 e. The SMILES string of the molecule is O=Cc1cccc(-c2ccc([N+](=O)[O-])c(F)c2)c1. The van der Waals surface area contributed by atoms with Crippen molar-refractivity contribution in [1.29, 1.82) is 0 Å². The van der Waals surface area contributed by atoms with E-state index in [1.807, 2.05) is 0 Å². The molecule has 0 radical (unpaired) electrons. The van der Waals surface area contributed by atoms with Crippen molar-refractivity contribution in [3.05, 3.63) is 64.0 Å². The van der Waals surface area contributed by atoms with Crippen molar-refractivity contribution in [1.82, 2.24) is 0 Å². The molecule has 0 saturated carbocycles. The van der Waals surface area contributed by atoms with Crippen LogP contribution in [-0.4, -0.2) is 11.2 Å². The summed E-state index contributed by atoms with van der Waals surface area (Å²) in [6.07, 6.45) is 0.686. The van der Waals surface area contributed by atoms with Crippen LogP contribution in [0.2, 0.25) is 0 Å². The maximum absolute atomic E-state index is 13.5. The molecule has 2 aromatic rings. The molecule has 18 heavy (non-hydrogen) atoms. The zero-order chi connectivity index (χ0) is 13.1. The molecular formula is C13H8FNO3. The molecule has 0 N–H and O–H groups in total. The smallest absolute Gasteiger partial charge is 0.298 e. The highest BCUT2D eigenvalue weighted by atomic mass is 19.1. The van der Waals surface area contributed by atoms with Crippen molar-refractivity contribution >= 4 is 12.0 Å². The molecule has 0 aliphatic carbocycles. The van der Waals surface area contributed by atoms with E-state index in [4.69, 9.17) is 0 Å². The van der Waals surface area contributed by atoms with E-state index in [1.165, 1.54) is 6.07 Å². The Labute approximate surface area is 102 Å². The van der Waals surface area contributed by atoms with E-state index in [9.17, 15) is 19.3 Å². The van der Waals surface area contributed by atoms with Gasteiger partial charge in [0, 0.05) is 11.6 Å². The Morgan fingerprint density at radius 1 is 1.11 bits per heavy atom. The maximum Gasteiger partial charge on any atom is 0.304 e. The average Bonchev–Trinajstić information content (AvgIpc) is 2.38. The van der Waals surface area contributed by atoms with Gasteiger partial charge in [0.1, 0.15) is 6.29 Å². The molecule has 0 spiro atoms. The molecule has 0 bridgehead atoms. The fourth-order valence-electron chi connectivity index (χ4n) is 1.63. The van der Waals surface area contributed by atoms with Gasteiger partial charge in [-0.05, 0) is 29.3 Å². The lowest BCUT2D eigenvalue weighted by molar-refractivity contribution is -0.387. The number of carbonyl (C=O) groups excluding carboxylic acids is 1. The second-order valence-electron chi connectivity index (χ2n) is 3.67. The van der Waals surface area contributed by atoms with Gasteiger partial charge in [-0.3, -0.25) is 14.9 Å². The van der Waals surface area contributed by atoms with E-state index in [-0.39, 0.29) is 0 Å². The minimum atomic E-state index is -0.894. The largest absolute Gasteiger partial charge is 0.304 e. The average molecular weight is 245 g/mol. The van der Waals surface area contributed by atoms with Crippen LogP contribution in [0.15, 0.2) is 42.5 Å². The van der Waals surface area contributed by atoms with Crippen molar-refractivity contribution in [2.45, 2.75) is 0 Å². The van der Waals surface area contributed by atoms with Gasteiger partial charge < -0.3 is 0 Å². The molecule has 5 heteroatoms. The molecule has 0 aliphatic heterocycles. The molecule has 90 valence electrons. The van der Waals surface area contributed by atoms with Crippen LogP contribution in [0.3, 0.4) is 0 Å². The van der Waals surface area contributed by atoms with Gasteiger partial charge in [-0.2, -0.15) is 4.39 Å². The van der Waals surface area contributed by atoms with E-state index in [0.29, 0.717) is 23.0 Å². The first-order valence-electron chi connectivity index (χ1n) is 5.11. The van der Waals surface area contributed by atoms with Gasteiger partial charge >= 0.3 is 5.69 Å². The summed E-state index contributed by atoms with van der Waals surface area (Å²) in [5.74, 6) is -0.894. The van der Waals surface area contributed by atoms with Crippen LogP contribution < -0.4 is 0 Å². The number of hydrogen-bond donors (Lipinski definition) is 0. The lowest BCUT2D eigenvalue weighted by Gasteiger charge is -2.03. The van der Waals surface area contributed by atoms with Gasteiger partial charge in [0.15, 0.2) is 0 Å². The van der Waals surface area contributed by atoms with Crippen LogP contribution in [0.1, 0.15) is 10.4 Å². The molecule has 0 heterocycles. The minimum absolute atomic E-state index is 0.464. The Hall–Kier alpha value is -2.56. The van der Waals surface area contributed by atoms with Gasteiger partial charge in [0.2, 0.25) is 5.82 Å². The number of halogens is 1. The fraction of sp³-hybridized carbons (Fsp3) is 0. The van der Waals surface area contributed by atoms with Crippen LogP contribution >= 0.6 is 0 Å². The molecular weight excluding hydrogens is 237 g/mol. The number of hydrogen-bond acceptors (Lipinski definition) is 3. The van der Waals surface area contributed by atoms with Gasteiger partial charge in [0.25, 0.3) is 0 Å². The lowest BCUT2D eigenvalue weighted by atomic mass is 10.0. The third kappa shape index (κ3) is 2.24. The van der Waals surface area contributed by atoms with E-state index < -0.39 is 16.4 Å². The van der Waals surface area contributed by atoms with Crippen molar-refractivity contribution < 1.29 is 14.1 Å². The number of benzene rings is 2. The quantitative estimate of drug-likeness (QED) is 0.474. The number of nitro groups is 1. The van der Waals surface area contributed by atoms with Crippen molar-refractivity contribution in [3.8, 4) is 11.1 Å². The molecule has 0 saturated heterocycles. The number of nitro benzene ring substituents is 1. The second-order valence-corrected chi connectivity index (χ2v) is 3.67. The second kappa shape index (κ2) is 4.75. The standard InChI is InChI=1S/C13H8FNO3/c14-12-7-11(4-5-13(12)15(17)18)10-3-1-2-9(6-10)8-16/h1-8H. The fourth-order valence-corrected chi connectivity index (χ4v) is 1.63. The topological polar surface area (TPSA) is 60.2 Å². The molecule has 0 atom stereocenters. The summed E-state index contributed by atoms with van der Waals surface area (Å²) in [5.41, 5.74) is 1.02. The van der Waals surface area contributed by atoms with Crippen LogP contribution in [0.25, 0.3) is 11.1 Å². The first kappa shape index (κ1) is 11.9. The van der Waals surface area contributed by atoms with E-state index in [2.05, 4.69) is 0 Å². The zero-order valence-electron chi connectivity index (χ0n) is 9.17. The van der Waals surface area contributed by atoms with Crippen molar-refractivity contribution in [3.63, 3.8) is 0 Å². The summed E-state index contributed by atoms with van der Waals surface area (Å²) in [7, 11) is 0. The van der Waals surface area contributed by atoms with E-state index >= 15 is 0 Å². The molecule has 4 nitrogen and oxygen atoms in total. The highest BCUT2D eigenvalue weighted by molar-refractivity contribution is 5.79. The predicted molar refractivity (Wildman–Crippen MR) is 63.9 cm³/mol. The van der Waals surface area contributed by atoms with Crippen LogP contribution in [0.5, 0.6) is 0 Å². The van der Waals surface area contributed by atoms with Gasteiger partial charge in [-0.25, -0.2) is 0 Å². The molecule has 0 aliphatic rings. The Morgan fingerprint density at radius 3 is 2.44 bits per heavy atom. The number of carbonyl (C=O) groups is 1. The summed E-state index contributed by atoms with van der Waals surface area (Å²) < 4.78 is 13.5. The predicted octanol–water partition coefficient (Wildman–Crippen LogP) is 3.21. The first-order chi connectivity index (χ1) is 8.61. The summed E-state index contributed by atoms with van der Waals surface area (Å²) in [6, 6.07) is 10.2. The lowest BCUT2D eigenvalue weighted by Crippen LogP contribution is -1.92. The molecule has 0 unspecified atom stereocenters. The van der Waals surface area contributed by atoms with E-state index in [0.717, 1.165) is 12.1 Å². The third-order valence-corrected chi connectivity index (χ3v) is 2.50. The number of nitrogens with zero attached hydrogens (tertiary/aromatic N) is 1. The monoisotopic (exact) mass is 245 g/mol. The number of aldehydes is 1. The normalized spacial score (nSPS) is 10.1. The Bertz CT molecular complexity index is 625. The van der Waals surface area contributed by atoms with Crippen LogP contribution in [-0.2, 0) is 0 Å². The maximum atomic E-state index is 13.5. The van der Waals surface area contributed by atoms with Gasteiger partial charge in [0.05, 0.1) is 4.92 Å². The van der Waals surface area contributed by atoms with Gasteiger partial charge in [-0.15, -0.1) is 0 Å².